The number of carbonyl (C=O) groups is 2. The number of ether oxygens (including phenoxy) is 2. The monoisotopic (exact) mass is 389 g/mol. The van der Waals surface area contributed by atoms with Crippen LogP contribution in [0, 0.1) is 0 Å². The largest absolute Gasteiger partial charge is 0.479 e. The van der Waals surface area contributed by atoms with Gasteiger partial charge in [-0.25, -0.2) is 9.59 Å². The molecule has 3 aromatic rings. The lowest BCUT2D eigenvalue weighted by molar-refractivity contribution is -0.153. The predicted molar refractivity (Wildman–Crippen MR) is 100 cm³/mol. The molecule has 1 aromatic heterocycles. The highest BCUT2D eigenvalue weighted by Crippen LogP contribution is 2.17. The van der Waals surface area contributed by atoms with Gasteiger partial charge in [0.1, 0.15) is 5.75 Å². The number of aromatic nitrogens is 2. The molecule has 8 nitrogen and oxygen atoms in total. The van der Waals surface area contributed by atoms with Crippen LogP contribution in [0.4, 0.5) is 5.69 Å². The van der Waals surface area contributed by atoms with Gasteiger partial charge in [-0.15, -0.1) is 0 Å². The fraction of sp³-hybridized carbons (Fsp3) is 0.167. The fourth-order valence-corrected chi connectivity index (χ4v) is 2.45. The van der Waals surface area contributed by atoms with E-state index in [1.165, 1.54) is 6.92 Å². The summed E-state index contributed by atoms with van der Waals surface area (Å²) in [4.78, 5) is 40.3. The van der Waals surface area contributed by atoms with Gasteiger partial charge in [0.25, 0.3) is 5.91 Å². The molecule has 0 radical (unpaired) electrons. The van der Waals surface area contributed by atoms with Crippen molar-refractivity contribution in [3.63, 3.8) is 0 Å². The molecule has 2 aromatic carbocycles. The lowest BCUT2D eigenvalue weighted by Gasteiger charge is -2.14. The minimum absolute atomic E-state index is 0.336. The van der Waals surface area contributed by atoms with E-state index in [-0.39, 0.29) is 5.69 Å². The number of carbonyl (C=O) groups excluding carboxylic acids is 2. The molecule has 0 bridgehead atoms. The standard InChI is InChI=1S/C18H16ClN3O5/c1-10(27-13-5-2-11(19)3-6-13)17(24)26-9-16(23)20-12-4-7-14-15(8-12)22-18(25)21-14/h2-8,10H,9H2,1H3,(H,20,23)(H2,21,22,25)/t10-/m0/s1. The van der Waals surface area contributed by atoms with E-state index in [1.54, 1.807) is 42.5 Å². The number of imidazole rings is 1. The number of amides is 1. The Bertz CT molecular complexity index is 1030. The van der Waals surface area contributed by atoms with E-state index >= 15 is 0 Å². The number of aromatic amines is 2. The molecule has 140 valence electrons. The highest BCUT2D eigenvalue weighted by molar-refractivity contribution is 6.30. The minimum Gasteiger partial charge on any atom is -0.479 e. The third-order valence-corrected chi connectivity index (χ3v) is 3.86. The van der Waals surface area contributed by atoms with Gasteiger partial charge in [0.05, 0.1) is 11.0 Å². The van der Waals surface area contributed by atoms with Gasteiger partial charge in [-0.2, -0.15) is 0 Å². The van der Waals surface area contributed by atoms with Crippen LogP contribution in [0.3, 0.4) is 0 Å². The van der Waals surface area contributed by atoms with Crippen molar-refractivity contribution < 1.29 is 19.1 Å². The van der Waals surface area contributed by atoms with Crippen molar-refractivity contribution >= 4 is 40.2 Å². The first-order chi connectivity index (χ1) is 12.9. The first kappa shape index (κ1) is 18.5. The smallest absolute Gasteiger partial charge is 0.347 e. The highest BCUT2D eigenvalue weighted by atomic mass is 35.5. The van der Waals surface area contributed by atoms with Gasteiger partial charge in [-0.05, 0) is 49.4 Å². The van der Waals surface area contributed by atoms with Crippen LogP contribution in [0.2, 0.25) is 5.02 Å². The number of benzene rings is 2. The van der Waals surface area contributed by atoms with Crippen molar-refractivity contribution in [1.82, 2.24) is 9.97 Å². The molecule has 0 aliphatic heterocycles. The first-order valence-electron chi connectivity index (χ1n) is 8.01. The van der Waals surface area contributed by atoms with E-state index < -0.39 is 24.6 Å². The molecule has 0 aliphatic rings. The van der Waals surface area contributed by atoms with Gasteiger partial charge in [0.15, 0.2) is 12.7 Å². The summed E-state index contributed by atoms with van der Waals surface area (Å²) in [7, 11) is 0. The quantitative estimate of drug-likeness (QED) is 0.560. The molecular weight excluding hydrogens is 374 g/mol. The number of H-pyrrole nitrogens is 2. The molecule has 0 aliphatic carbocycles. The maximum absolute atomic E-state index is 12.0. The van der Waals surface area contributed by atoms with Crippen LogP contribution in [0.1, 0.15) is 6.92 Å². The van der Waals surface area contributed by atoms with E-state index in [0.29, 0.717) is 27.5 Å². The molecule has 0 spiro atoms. The van der Waals surface area contributed by atoms with Gasteiger partial charge in [-0.1, -0.05) is 11.6 Å². The zero-order chi connectivity index (χ0) is 19.4. The van der Waals surface area contributed by atoms with Crippen molar-refractivity contribution in [2.24, 2.45) is 0 Å². The molecule has 27 heavy (non-hydrogen) atoms. The highest BCUT2D eigenvalue weighted by Gasteiger charge is 2.18. The fourth-order valence-electron chi connectivity index (χ4n) is 2.33. The summed E-state index contributed by atoms with van der Waals surface area (Å²) >= 11 is 5.78. The summed E-state index contributed by atoms with van der Waals surface area (Å²) < 4.78 is 10.4. The van der Waals surface area contributed by atoms with Crippen molar-refractivity contribution in [1.29, 1.82) is 0 Å². The van der Waals surface area contributed by atoms with E-state index in [0.717, 1.165) is 0 Å². The second-order valence-corrected chi connectivity index (χ2v) is 6.15. The van der Waals surface area contributed by atoms with Crippen molar-refractivity contribution in [3.8, 4) is 5.75 Å². The van der Waals surface area contributed by atoms with E-state index in [4.69, 9.17) is 21.1 Å². The molecule has 0 saturated heterocycles. The Hall–Kier alpha value is -3.26. The lowest BCUT2D eigenvalue weighted by atomic mass is 10.3. The summed E-state index contributed by atoms with van der Waals surface area (Å²) in [5.41, 5.74) is 1.30. The van der Waals surface area contributed by atoms with Crippen LogP contribution in [-0.2, 0) is 14.3 Å². The molecule has 1 heterocycles. The number of fused-ring (bicyclic) bond motifs is 1. The van der Waals surface area contributed by atoms with Crippen molar-refractivity contribution in [3.05, 3.63) is 58.0 Å². The van der Waals surface area contributed by atoms with Gasteiger partial charge in [0.2, 0.25) is 0 Å². The molecular formula is C18H16ClN3O5. The Labute approximate surface area is 158 Å². The molecule has 3 N–H and O–H groups in total. The molecule has 3 rings (SSSR count). The van der Waals surface area contributed by atoms with Crippen LogP contribution in [-0.4, -0.2) is 34.6 Å². The van der Waals surface area contributed by atoms with Gasteiger partial charge >= 0.3 is 11.7 Å². The Morgan fingerprint density at radius 3 is 2.56 bits per heavy atom. The maximum atomic E-state index is 12.0. The molecule has 0 fully saturated rings. The van der Waals surface area contributed by atoms with Crippen molar-refractivity contribution in [2.75, 3.05) is 11.9 Å². The number of nitrogens with one attached hydrogen (secondary N) is 3. The number of hydrogen-bond donors (Lipinski definition) is 3. The number of esters is 1. The van der Waals surface area contributed by atoms with Gasteiger partial charge < -0.3 is 24.8 Å². The summed E-state index contributed by atoms with van der Waals surface area (Å²) in [6.07, 6.45) is -0.889. The average molecular weight is 390 g/mol. The Kier molecular flexibility index (Phi) is 5.46. The Balaban J connectivity index is 1.50. The number of rotatable bonds is 6. The molecule has 1 atom stereocenters. The third kappa shape index (κ3) is 4.89. The van der Waals surface area contributed by atoms with E-state index in [1.807, 2.05) is 0 Å². The normalized spacial score (nSPS) is 11.8. The SMILES string of the molecule is C[C@H](Oc1ccc(Cl)cc1)C(=O)OCC(=O)Nc1ccc2[nH]c(=O)[nH]c2c1. The zero-order valence-corrected chi connectivity index (χ0v) is 15.0. The van der Waals surface area contributed by atoms with Gasteiger partial charge in [0, 0.05) is 10.7 Å². The predicted octanol–water partition coefficient (Wildman–Crippen LogP) is 2.46. The second kappa shape index (κ2) is 7.96. The topological polar surface area (TPSA) is 113 Å². The average Bonchev–Trinajstić information content (AvgIpc) is 3.00. The van der Waals surface area contributed by atoms with Crippen LogP contribution >= 0.6 is 11.6 Å². The minimum atomic E-state index is -0.889. The van der Waals surface area contributed by atoms with Crippen LogP contribution in [0.25, 0.3) is 11.0 Å². The lowest BCUT2D eigenvalue weighted by Crippen LogP contribution is -2.29. The summed E-state index contributed by atoms with van der Waals surface area (Å²) in [5, 5.41) is 3.14. The summed E-state index contributed by atoms with van der Waals surface area (Å²) in [5.74, 6) is -0.730. The number of hydrogen-bond acceptors (Lipinski definition) is 5. The summed E-state index contributed by atoms with van der Waals surface area (Å²) in [6, 6.07) is 11.4. The molecule has 9 heteroatoms. The summed E-state index contributed by atoms with van der Waals surface area (Å²) in [6.45, 7) is 1.06. The Morgan fingerprint density at radius 2 is 1.81 bits per heavy atom. The number of halogens is 1. The van der Waals surface area contributed by atoms with Crippen molar-refractivity contribution in [2.45, 2.75) is 13.0 Å². The van der Waals surface area contributed by atoms with Crippen LogP contribution < -0.4 is 15.7 Å². The van der Waals surface area contributed by atoms with Crippen LogP contribution in [0.5, 0.6) is 5.75 Å². The Morgan fingerprint density at radius 1 is 1.11 bits per heavy atom. The molecule has 0 unspecified atom stereocenters. The van der Waals surface area contributed by atoms with Gasteiger partial charge in [-0.3, -0.25) is 4.79 Å². The molecule has 1 amide bonds. The van der Waals surface area contributed by atoms with E-state index in [9.17, 15) is 14.4 Å². The third-order valence-electron chi connectivity index (χ3n) is 3.60. The number of anilines is 1. The maximum Gasteiger partial charge on any atom is 0.347 e. The van der Waals surface area contributed by atoms with E-state index in [2.05, 4.69) is 15.3 Å². The first-order valence-corrected chi connectivity index (χ1v) is 8.39. The molecule has 0 saturated carbocycles. The zero-order valence-electron chi connectivity index (χ0n) is 14.2. The van der Waals surface area contributed by atoms with Crippen LogP contribution in [0.15, 0.2) is 47.3 Å². The second-order valence-electron chi connectivity index (χ2n) is 5.71.